The molecule has 0 spiro atoms. The van der Waals surface area contributed by atoms with Gasteiger partial charge < -0.3 is 5.32 Å². The summed E-state index contributed by atoms with van der Waals surface area (Å²) in [5, 5.41) is 2.84. The van der Waals surface area contributed by atoms with E-state index in [0.29, 0.717) is 26.2 Å². The highest BCUT2D eigenvalue weighted by molar-refractivity contribution is 7.99. The predicted molar refractivity (Wildman–Crippen MR) is 95.3 cm³/mol. The molecule has 7 heteroatoms. The average Bonchev–Trinajstić information content (AvgIpc) is 2.55. The minimum absolute atomic E-state index is 0.0376. The Morgan fingerprint density at radius 1 is 1.26 bits per heavy atom. The second kappa shape index (κ2) is 8.70. The van der Waals surface area contributed by atoms with Gasteiger partial charge in [0.05, 0.1) is 16.8 Å². The molecule has 0 bridgehead atoms. The molecule has 1 heterocycles. The molecular weight excluding hydrogens is 332 g/mol. The molecule has 128 valence electrons. The van der Waals surface area contributed by atoms with Gasteiger partial charge in [-0.25, -0.2) is 8.42 Å². The Morgan fingerprint density at radius 3 is 2.57 bits per heavy atom. The van der Waals surface area contributed by atoms with Crippen molar-refractivity contribution in [2.45, 2.75) is 17.9 Å². The Kier molecular flexibility index (Phi) is 6.92. The largest absolute Gasteiger partial charge is 0.354 e. The van der Waals surface area contributed by atoms with Gasteiger partial charge in [-0.3, -0.25) is 9.69 Å². The van der Waals surface area contributed by atoms with Gasteiger partial charge in [-0.15, -0.1) is 11.8 Å². The average molecular weight is 357 g/mol. The second-order valence-electron chi connectivity index (χ2n) is 5.72. The maximum Gasteiger partial charge on any atom is 0.232 e. The Hall–Kier alpha value is -1.05. The van der Waals surface area contributed by atoms with Gasteiger partial charge in [-0.05, 0) is 12.5 Å². The summed E-state index contributed by atoms with van der Waals surface area (Å²) in [7, 11) is -2.84. The summed E-state index contributed by atoms with van der Waals surface area (Å²) in [6.45, 7) is 4.32. The van der Waals surface area contributed by atoms with Crippen LogP contribution in [0.15, 0.2) is 30.3 Å². The zero-order valence-electron chi connectivity index (χ0n) is 13.4. The maximum atomic E-state index is 12.1. The Balaban J connectivity index is 1.62. The number of thioether (sulfide) groups is 1. The highest BCUT2D eigenvalue weighted by atomic mass is 32.2. The molecule has 1 fully saturated rings. The number of nitrogens with zero attached hydrogens (tertiary/aromatic N) is 1. The molecule has 1 aromatic rings. The predicted octanol–water partition coefficient (Wildman–Crippen LogP) is 1.15. The molecule has 1 aliphatic rings. The van der Waals surface area contributed by atoms with Crippen LogP contribution < -0.4 is 5.32 Å². The van der Waals surface area contributed by atoms with Gasteiger partial charge in [0.25, 0.3) is 0 Å². The summed E-state index contributed by atoms with van der Waals surface area (Å²) >= 11 is 1.62. The molecule has 0 saturated carbocycles. The zero-order chi connectivity index (χ0) is 16.7. The highest BCUT2D eigenvalue weighted by Crippen LogP contribution is 2.17. The van der Waals surface area contributed by atoms with Crippen LogP contribution in [0.25, 0.3) is 0 Å². The number of hydrogen-bond donors (Lipinski definition) is 1. The van der Waals surface area contributed by atoms with E-state index in [1.165, 1.54) is 5.56 Å². The van der Waals surface area contributed by atoms with Crippen LogP contribution in [0.5, 0.6) is 0 Å². The molecule has 1 N–H and O–H groups in total. The number of carbonyl (C=O) groups excluding carboxylic acids is 1. The fourth-order valence-corrected chi connectivity index (χ4v) is 4.47. The summed E-state index contributed by atoms with van der Waals surface area (Å²) in [6, 6.07) is 10.1. The van der Waals surface area contributed by atoms with Gasteiger partial charge in [-0.2, -0.15) is 0 Å². The maximum absolute atomic E-state index is 12.1. The van der Waals surface area contributed by atoms with Gasteiger partial charge >= 0.3 is 0 Å². The SMILES string of the molecule is C[C@@H](SCc1ccccc1)C(=O)NCCN1CCS(=O)(=O)CC1. The van der Waals surface area contributed by atoms with Crippen LogP contribution in [0.4, 0.5) is 0 Å². The Bertz CT molecular complexity index is 591. The molecule has 1 saturated heterocycles. The van der Waals surface area contributed by atoms with E-state index in [4.69, 9.17) is 0 Å². The van der Waals surface area contributed by atoms with Crippen molar-refractivity contribution in [3.63, 3.8) is 0 Å². The zero-order valence-corrected chi connectivity index (χ0v) is 15.0. The standard InChI is InChI=1S/C16H24N2O3S2/c1-14(22-13-15-5-3-2-4-6-15)16(19)17-7-8-18-9-11-23(20,21)12-10-18/h2-6,14H,7-13H2,1H3,(H,17,19)/t14-/m1/s1. The molecule has 1 atom stereocenters. The third-order valence-corrected chi connectivity index (χ3v) is 6.70. The van der Waals surface area contributed by atoms with Crippen molar-refractivity contribution in [1.29, 1.82) is 0 Å². The van der Waals surface area contributed by atoms with Crippen LogP contribution in [0.1, 0.15) is 12.5 Å². The lowest BCUT2D eigenvalue weighted by atomic mass is 10.2. The molecule has 0 aromatic heterocycles. The van der Waals surface area contributed by atoms with Gasteiger partial charge in [0.2, 0.25) is 5.91 Å². The molecule has 0 aliphatic carbocycles. The van der Waals surface area contributed by atoms with E-state index in [-0.39, 0.29) is 22.7 Å². The number of carbonyl (C=O) groups is 1. The van der Waals surface area contributed by atoms with E-state index in [0.717, 1.165) is 5.75 Å². The van der Waals surface area contributed by atoms with Crippen molar-refractivity contribution in [3.8, 4) is 0 Å². The molecule has 2 rings (SSSR count). The summed E-state index contributed by atoms with van der Waals surface area (Å²) in [5.74, 6) is 1.31. The number of sulfone groups is 1. The van der Waals surface area contributed by atoms with Crippen LogP contribution >= 0.6 is 11.8 Å². The molecule has 1 amide bonds. The van der Waals surface area contributed by atoms with Crippen molar-refractivity contribution in [2.24, 2.45) is 0 Å². The second-order valence-corrected chi connectivity index (χ2v) is 9.36. The summed E-state index contributed by atoms with van der Waals surface area (Å²) in [4.78, 5) is 14.1. The topological polar surface area (TPSA) is 66.5 Å². The van der Waals surface area contributed by atoms with Crippen molar-refractivity contribution in [3.05, 3.63) is 35.9 Å². The third kappa shape index (κ3) is 6.53. The van der Waals surface area contributed by atoms with Crippen LogP contribution in [-0.2, 0) is 20.4 Å². The van der Waals surface area contributed by atoms with E-state index >= 15 is 0 Å². The lowest BCUT2D eigenvalue weighted by molar-refractivity contribution is -0.120. The van der Waals surface area contributed by atoms with Crippen molar-refractivity contribution >= 4 is 27.5 Å². The van der Waals surface area contributed by atoms with Crippen LogP contribution in [0.2, 0.25) is 0 Å². The van der Waals surface area contributed by atoms with Crippen molar-refractivity contribution in [1.82, 2.24) is 10.2 Å². The van der Waals surface area contributed by atoms with E-state index < -0.39 is 9.84 Å². The van der Waals surface area contributed by atoms with Crippen molar-refractivity contribution in [2.75, 3.05) is 37.7 Å². The minimum atomic E-state index is -2.84. The first kappa shape index (κ1) is 18.3. The molecule has 0 radical (unpaired) electrons. The number of nitrogens with one attached hydrogen (secondary N) is 1. The molecule has 1 aromatic carbocycles. The van der Waals surface area contributed by atoms with Crippen LogP contribution in [0, 0.1) is 0 Å². The molecule has 1 aliphatic heterocycles. The first-order chi connectivity index (χ1) is 11.0. The van der Waals surface area contributed by atoms with Gasteiger partial charge in [-0.1, -0.05) is 30.3 Å². The van der Waals surface area contributed by atoms with E-state index in [9.17, 15) is 13.2 Å². The Morgan fingerprint density at radius 2 is 1.91 bits per heavy atom. The molecule has 5 nitrogen and oxygen atoms in total. The van der Waals surface area contributed by atoms with Crippen molar-refractivity contribution < 1.29 is 13.2 Å². The first-order valence-electron chi connectivity index (χ1n) is 7.82. The van der Waals surface area contributed by atoms with Gasteiger partial charge in [0.1, 0.15) is 0 Å². The minimum Gasteiger partial charge on any atom is -0.354 e. The molecule has 0 unspecified atom stereocenters. The van der Waals surface area contributed by atoms with E-state index in [2.05, 4.69) is 22.3 Å². The smallest absolute Gasteiger partial charge is 0.232 e. The number of benzene rings is 1. The number of hydrogen-bond acceptors (Lipinski definition) is 5. The van der Waals surface area contributed by atoms with E-state index in [1.807, 2.05) is 25.1 Å². The van der Waals surface area contributed by atoms with Crippen LogP contribution in [0.3, 0.4) is 0 Å². The quantitative estimate of drug-likeness (QED) is 0.794. The number of amides is 1. The van der Waals surface area contributed by atoms with E-state index in [1.54, 1.807) is 11.8 Å². The lowest BCUT2D eigenvalue weighted by Crippen LogP contribution is -2.44. The number of rotatable bonds is 7. The monoisotopic (exact) mass is 356 g/mol. The molecule has 23 heavy (non-hydrogen) atoms. The van der Waals surface area contributed by atoms with Gasteiger partial charge in [0, 0.05) is 31.9 Å². The third-order valence-electron chi connectivity index (χ3n) is 3.88. The van der Waals surface area contributed by atoms with Gasteiger partial charge in [0.15, 0.2) is 9.84 Å². The summed E-state index contributed by atoms with van der Waals surface area (Å²) < 4.78 is 22.7. The lowest BCUT2D eigenvalue weighted by Gasteiger charge is -2.26. The highest BCUT2D eigenvalue weighted by Gasteiger charge is 2.21. The summed E-state index contributed by atoms with van der Waals surface area (Å²) in [5.41, 5.74) is 1.21. The van der Waals surface area contributed by atoms with Crippen LogP contribution in [-0.4, -0.2) is 62.2 Å². The first-order valence-corrected chi connectivity index (χ1v) is 10.7. The summed E-state index contributed by atoms with van der Waals surface area (Å²) in [6.07, 6.45) is 0. The normalized spacial score (nSPS) is 19.2. The Labute approximate surface area is 142 Å². The molecular formula is C16H24N2O3S2. The fraction of sp³-hybridized carbons (Fsp3) is 0.562. The fourth-order valence-electron chi connectivity index (χ4n) is 2.33.